The van der Waals surface area contributed by atoms with Crippen molar-refractivity contribution < 1.29 is 24.1 Å². The predicted molar refractivity (Wildman–Crippen MR) is 92.1 cm³/mol. The van der Waals surface area contributed by atoms with Gasteiger partial charge in [-0.3, -0.25) is 4.79 Å². The highest BCUT2D eigenvalue weighted by Crippen LogP contribution is 2.33. The molecule has 0 saturated carbocycles. The minimum atomic E-state index is -0.618. The summed E-state index contributed by atoms with van der Waals surface area (Å²) in [5, 5.41) is 16.3. The minimum Gasteiger partial charge on any atom is -0.493 e. The number of aliphatic hydroxyl groups excluding tert-OH is 1. The number of rotatable bonds is 7. The number of carbonyl (C=O) groups excluding carboxylic acids is 1. The van der Waals surface area contributed by atoms with E-state index in [2.05, 4.69) is 10.6 Å². The molecule has 0 aromatic heterocycles. The maximum Gasteiger partial charge on any atom is 0.220 e. The molecule has 0 bridgehead atoms. The van der Waals surface area contributed by atoms with Crippen molar-refractivity contribution in [2.24, 2.45) is 0 Å². The van der Waals surface area contributed by atoms with E-state index in [0.29, 0.717) is 37.5 Å². The van der Waals surface area contributed by atoms with Crippen LogP contribution >= 0.6 is 0 Å². The second kappa shape index (κ2) is 8.51. The van der Waals surface area contributed by atoms with Gasteiger partial charge in [-0.05, 0) is 17.7 Å². The molecule has 7 heteroatoms. The van der Waals surface area contributed by atoms with Crippen LogP contribution in [0, 0.1) is 0 Å². The molecular weight excluding hydrogens is 324 g/mol. The van der Waals surface area contributed by atoms with E-state index in [1.807, 2.05) is 18.2 Å². The van der Waals surface area contributed by atoms with Crippen LogP contribution in [-0.2, 0) is 9.53 Å². The van der Waals surface area contributed by atoms with E-state index in [-0.39, 0.29) is 24.5 Å². The molecule has 1 amide bonds. The first-order valence-corrected chi connectivity index (χ1v) is 8.73. The predicted octanol–water partition coefficient (Wildman–Crippen LogP) is 0.417. The minimum absolute atomic E-state index is 0.0103. The second-order valence-electron chi connectivity index (χ2n) is 6.51. The van der Waals surface area contributed by atoms with Crippen LogP contribution in [0.5, 0.6) is 11.5 Å². The van der Waals surface area contributed by atoms with E-state index in [9.17, 15) is 9.90 Å². The Labute approximate surface area is 147 Å². The van der Waals surface area contributed by atoms with Crippen molar-refractivity contribution in [3.05, 3.63) is 23.8 Å². The number of aliphatic hydroxyl groups is 1. The van der Waals surface area contributed by atoms with E-state index in [4.69, 9.17) is 14.2 Å². The van der Waals surface area contributed by atoms with Gasteiger partial charge in [0.1, 0.15) is 6.61 Å². The summed E-state index contributed by atoms with van der Waals surface area (Å²) in [6, 6.07) is 5.69. The lowest BCUT2D eigenvalue weighted by atomic mass is 9.98. The topological polar surface area (TPSA) is 89.1 Å². The van der Waals surface area contributed by atoms with Crippen LogP contribution in [0.15, 0.2) is 18.2 Å². The van der Waals surface area contributed by atoms with Gasteiger partial charge in [0.15, 0.2) is 11.5 Å². The number of methoxy groups -OCH3 is 1. The molecule has 2 aliphatic heterocycles. The molecule has 2 aliphatic rings. The molecule has 0 radical (unpaired) electrons. The molecule has 2 heterocycles. The summed E-state index contributed by atoms with van der Waals surface area (Å²) in [4.78, 5) is 11.4. The van der Waals surface area contributed by atoms with E-state index >= 15 is 0 Å². The number of benzene rings is 1. The molecule has 3 N–H and O–H groups in total. The van der Waals surface area contributed by atoms with Crippen molar-refractivity contribution in [2.45, 2.75) is 31.0 Å². The average Bonchev–Trinajstić information content (AvgIpc) is 3.07. The number of ether oxygens (including phenoxy) is 3. The highest BCUT2D eigenvalue weighted by molar-refractivity contribution is 5.79. The van der Waals surface area contributed by atoms with Crippen LogP contribution in [0.3, 0.4) is 0 Å². The molecule has 7 nitrogen and oxygen atoms in total. The Bertz CT molecular complexity index is 589. The highest BCUT2D eigenvalue weighted by Gasteiger charge is 2.24. The molecule has 1 aromatic rings. The van der Waals surface area contributed by atoms with Crippen molar-refractivity contribution in [1.29, 1.82) is 0 Å². The first-order valence-electron chi connectivity index (χ1n) is 8.73. The summed E-state index contributed by atoms with van der Waals surface area (Å²) >= 11 is 0. The zero-order chi connectivity index (χ0) is 17.6. The number of carbonyl (C=O) groups is 1. The molecule has 3 unspecified atom stereocenters. The van der Waals surface area contributed by atoms with Gasteiger partial charge in [0.2, 0.25) is 5.91 Å². The van der Waals surface area contributed by atoms with Gasteiger partial charge in [-0.1, -0.05) is 6.07 Å². The molecule has 25 heavy (non-hydrogen) atoms. The zero-order valence-corrected chi connectivity index (χ0v) is 14.5. The van der Waals surface area contributed by atoms with E-state index in [1.165, 1.54) is 0 Å². The van der Waals surface area contributed by atoms with Gasteiger partial charge < -0.3 is 30.0 Å². The van der Waals surface area contributed by atoms with Gasteiger partial charge in [0.05, 0.1) is 25.9 Å². The summed E-state index contributed by atoms with van der Waals surface area (Å²) in [6.45, 7) is 3.08. The van der Waals surface area contributed by atoms with Gasteiger partial charge in [-0.25, -0.2) is 0 Å². The molecule has 1 aromatic carbocycles. The number of amides is 1. The number of nitrogens with one attached hydrogen (secondary N) is 2. The van der Waals surface area contributed by atoms with Crippen molar-refractivity contribution in [3.8, 4) is 11.5 Å². The van der Waals surface area contributed by atoms with Crippen LogP contribution in [-0.4, -0.2) is 63.2 Å². The Hall–Kier alpha value is -1.83. The molecule has 2 saturated heterocycles. The van der Waals surface area contributed by atoms with E-state index < -0.39 is 6.10 Å². The maximum atomic E-state index is 11.4. The molecule has 3 atom stereocenters. The molecule has 2 fully saturated rings. The fraction of sp³-hybridized carbons (Fsp3) is 0.611. The Morgan fingerprint density at radius 3 is 2.92 bits per heavy atom. The van der Waals surface area contributed by atoms with Crippen LogP contribution in [0.4, 0.5) is 0 Å². The van der Waals surface area contributed by atoms with Crippen LogP contribution in [0.25, 0.3) is 0 Å². The fourth-order valence-corrected chi connectivity index (χ4v) is 3.23. The molecule has 0 aliphatic carbocycles. The van der Waals surface area contributed by atoms with E-state index in [0.717, 1.165) is 18.7 Å². The van der Waals surface area contributed by atoms with Crippen molar-refractivity contribution in [1.82, 2.24) is 10.6 Å². The summed E-state index contributed by atoms with van der Waals surface area (Å²) in [5.41, 5.74) is 1.03. The third-order valence-corrected chi connectivity index (χ3v) is 4.61. The summed E-state index contributed by atoms with van der Waals surface area (Å²) in [5.74, 6) is 1.41. The summed E-state index contributed by atoms with van der Waals surface area (Å²) in [6.07, 6.45) is 0.403. The number of hydrogen-bond acceptors (Lipinski definition) is 6. The third kappa shape index (κ3) is 4.84. The highest BCUT2D eigenvalue weighted by atomic mass is 16.5. The molecule has 0 spiro atoms. The Kier molecular flexibility index (Phi) is 6.12. The fourth-order valence-electron chi connectivity index (χ4n) is 3.23. The Balaban J connectivity index is 1.58. The van der Waals surface area contributed by atoms with Gasteiger partial charge in [0, 0.05) is 38.4 Å². The van der Waals surface area contributed by atoms with Crippen LogP contribution in [0.1, 0.15) is 24.3 Å². The van der Waals surface area contributed by atoms with Crippen molar-refractivity contribution in [3.63, 3.8) is 0 Å². The number of hydrogen-bond donors (Lipinski definition) is 3. The lowest BCUT2D eigenvalue weighted by Gasteiger charge is -2.25. The lowest BCUT2D eigenvalue weighted by molar-refractivity contribution is -0.119. The second-order valence-corrected chi connectivity index (χ2v) is 6.51. The summed E-state index contributed by atoms with van der Waals surface area (Å²) in [7, 11) is 1.58. The quantitative estimate of drug-likeness (QED) is 0.660. The average molecular weight is 350 g/mol. The molecule has 3 rings (SSSR count). The van der Waals surface area contributed by atoms with Gasteiger partial charge in [-0.15, -0.1) is 0 Å². The maximum absolute atomic E-state index is 11.4. The Morgan fingerprint density at radius 1 is 1.36 bits per heavy atom. The SMILES string of the molecule is COc1ccc(C2CNC(=O)C2)cc1OCC(O)CC1CNCCO1. The van der Waals surface area contributed by atoms with Gasteiger partial charge >= 0.3 is 0 Å². The van der Waals surface area contributed by atoms with Crippen molar-refractivity contribution in [2.75, 3.05) is 40.0 Å². The smallest absolute Gasteiger partial charge is 0.220 e. The van der Waals surface area contributed by atoms with Crippen molar-refractivity contribution >= 4 is 5.91 Å². The summed E-state index contributed by atoms with van der Waals surface area (Å²) < 4.78 is 16.7. The molecule has 138 valence electrons. The third-order valence-electron chi connectivity index (χ3n) is 4.61. The zero-order valence-electron chi connectivity index (χ0n) is 14.5. The molecular formula is C18H26N2O5. The normalized spacial score (nSPS) is 24.6. The first-order chi connectivity index (χ1) is 12.2. The van der Waals surface area contributed by atoms with Gasteiger partial charge in [-0.2, -0.15) is 0 Å². The Morgan fingerprint density at radius 2 is 2.24 bits per heavy atom. The van der Waals surface area contributed by atoms with Crippen LogP contribution in [0.2, 0.25) is 0 Å². The number of morpholine rings is 1. The standard InChI is InChI=1S/C18H26N2O5/c1-23-16-3-2-12(13-7-18(22)20-9-13)6-17(16)25-11-14(21)8-15-10-19-4-5-24-15/h2-3,6,13-15,19,21H,4-5,7-11H2,1H3,(H,20,22). The lowest BCUT2D eigenvalue weighted by Crippen LogP contribution is -2.41. The van der Waals surface area contributed by atoms with Gasteiger partial charge in [0.25, 0.3) is 0 Å². The van der Waals surface area contributed by atoms with E-state index in [1.54, 1.807) is 7.11 Å². The first kappa shape index (κ1) is 18.0. The monoisotopic (exact) mass is 350 g/mol. The van der Waals surface area contributed by atoms with Crippen LogP contribution < -0.4 is 20.1 Å². The largest absolute Gasteiger partial charge is 0.493 e.